The van der Waals surface area contributed by atoms with E-state index >= 15 is 0 Å². The molecule has 0 spiro atoms. The second-order valence-electron chi connectivity index (χ2n) is 5.35. The number of fused-ring (bicyclic) bond motifs is 1. The fraction of sp³-hybridized carbons (Fsp3) is 0.294. The predicted molar refractivity (Wildman–Crippen MR) is 77.1 cm³/mol. The Morgan fingerprint density at radius 2 is 1.68 bits per heavy atom. The summed E-state index contributed by atoms with van der Waals surface area (Å²) >= 11 is 0. The molecule has 2 unspecified atom stereocenters. The fourth-order valence-electron chi connectivity index (χ4n) is 3.03. The van der Waals surface area contributed by atoms with Crippen molar-refractivity contribution in [1.82, 2.24) is 4.90 Å². The first kappa shape index (κ1) is 12.4. The molecule has 2 atom stereocenters. The fourth-order valence-corrected chi connectivity index (χ4v) is 3.03. The Morgan fingerprint density at radius 3 is 2.47 bits per heavy atom. The van der Waals surface area contributed by atoms with Crippen LogP contribution in [-0.4, -0.2) is 29.7 Å². The second kappa shape index (κ2) is 5.16. The highest BCUT2D eigenvalue weighted by Crippen LogP contribution is 2.33. The van der Waals surface area contributed by atoms with Crippen molar-refractivity contribution in [2.24, 2.45) is 0 Å². The van der Waals surface area contributed by atoms with E-state index in [9.17, 15) is 5.11 Å². The minimum absolute atomic E-state index is 0.0716. The van der Waals surface area contributed by atoms with Gasteiger partial charge in [-0.15, -0.1) is 0 Å². The molecular formula is C17H19NO. The average molecular weight is 253 g/mol. The molecule has 0 aromatic heterocycles. The molecule has 2 aromatic rings. The number of likely N-dealkylation sites (N-methyl/N-ethyl adjacent to an activating group) is 1. The third-order valence-electron chi connectivity index (χ3n) is 3.87. The molecule has 19 heavy (non-hydrogen) atoms. The van der Waals surface area contributed by atoms with Gasteiger partial charge in [0.1, 0.15) is 0 Å². The molecule has 0 bridgehead atoms. The molecule has 2 aromatic carbocycles. The van der Waals surface area contributed by atoms with Crippen molar-refractivity contribution in [1.29, 1.82) is 0 Å². The summed E-state index contributed by atoms with van der Waals surface area (Å²) in [5.74, 6) is 0.0716. The van der Waals surface area contributed by atoms with Gasteiger partial charge in [-0.25, -0.2) is 0 Å². The van der Waals surface area contributed by atoms with Crippen LogP contribution in [0.4, 0.5) is 0 Å². The Kier molecular flexibility index (Phi) is 3.36. The summed E-state index contributed by atoms with van der Waals surface area (Å²) in [6, 6.07) is 18.8. The lowest BCUT2D eigenvalue weighted by Crippen LogP contribution is -2.30. The van der Waals surface area contributed by atoms with Crippen molar-refractivity contribution >= 4 is 0 Å². The lowest BCUT2D eigenvalue weighted by atomic mass is 9.85. The van der Waals surface area contributed by atoms with Crippen LogP contribution >= 0.6 is 0 Å². The Morgan fingerprint density at radius 1 is 1.00 bits per heavy atom. The largest absolute Gasteiger partial charge is 0.391 e. The SMILES string of the molecule is CN1Cc2ccccc2C(c2ccccc2)C(O)C1. The van der Waals surface area contributed by atoms with Crippen molar-refractivity contribution in [3.05, 3.63) is 71.3 Å². The van der Waals surface area contributed by atoms with Gasteiger partial charge in [-0.1, -0.05) is 54.6 Å². The van der Waals surface area contributed by atoms with Gasteiger partial charge >= 0.3 is 0 Å². The van der Waals surface area contributed by atoms with Crippen LogP contribution in [0, 0.1) is 0 Å². The highest BCUT2D eigenvalue weighted by Gasteiger charge is 2.29. The van der Waals surface area contributed by atoms with Gasteiger partial charge in [0.2, 0.25) is 0 Å². The van der Waals surface area contributed by atoms with Gasteiger partial charge in [-0.05, 0) is 23.7 Å². The molecule has 0 saturated carbocycles. The molecule has 3 rings (SSSR count). The Balaban J connectivity index is 2.11. The summed E-state index contributed by atoms with van der Waals surface area (Å²) in [5, 5.41) is 10.6. The minimum Gasteiger partial charge on any atom is -0.391 e. The molecule has 0 radical (unpaired) electrons. The molecule has 0 amide bonds. The number of aliphatic hydroxyl groups is 1. The van der Waals surface area contributed by atoms with Gasteiger partial charge in [0.25, 0.3) is 0 Å². The Hall–Kier alpha value is -1.64. The summed E-state index contributed by atoms with van der Waals surface area (Å²) in [6.45, 7) is 1.60. The van der Waals surface area contributed by atoms with Crippen molar-refractivity contribution in [2.75, 3.05) is 13.6 Å². The topological polar surface area (TPSA) is 23.5 Å². The first-order chi connectivity index (χ1) is 9.25. The van der Waals surface area contributed by atoms with E-state index in [1.54, 1.807) is 0 Å². The van der Waals surface area contributed by atoms with Crippen LogP contribution in [0.15, 0.2) is 54.6 Å². The summed E-state index contributed by atoms with van der Waals surface area (Å²) in [7, 11) is 2.06. The van der Waals surface area contributed by atoms with Gasteiger partial charge in [-0.3, -0.25) is 4.90 Å². The van der Waals surface area contributed by atoms with Gasteiger partial charge in [0.15, 0.2) is 0 Å². The third kappa shape index (κ3) is 2.42. The number of hydrogen-bond donors (Lipinski definition) is 1. The summed E-state index contributed by atoms with van der Waals surface area (Å²) in [4.78, 5) is 2.19. The lowest BCUT2D eigenvalue weighted by molar-refractivity contribution is 0.116. The van der Waals surface area contributed by atoms with Crippen molar-refractivity contribution in [2.45, 2.75) is 18.6 Å². The number of aliphatic hydroxyl groups excluding tert-OH is 1. The van der Waals surface area contributed by atoms with E-state index in [0.29, 0.717) is 6.54 Å². The van der Waals surface area contributed by atoms with Crippen LogP contribution in [0.5, 0.6) is 0 Å². The van der Waals surface area contributed by atoms with Crippen LogP contribution < -0.4 is 0 Å². The van der Waals surface area contributed by atoms with E-state index in [-0.39, 0.29) is 12.0 Å². The van der Waals surface area contributed by atoms with Crippen molar-refractivity contribution < 1.29 is 5.11 Å². The van der Waals surface area contributed by atoms with Crippen LogP contribution in [-0.2, 0) is 6.54 Å². The van der Waals surface area contributed by atoms with E-state index in [1.807, 2.05) is 18.2 Å². The molecule has 1 aliphatic rings. The molecule has 1 heterocycles. The highest BCUT2D eigenvalue weighted by molar-refractivity contribution is 5.40. The summed E-state index contributed by atoms with van der Waals surface area (Å²) in [5.41, 5.74) is 3.76. The number of benzene rings is 2. The van der Waals surface area contributed by atoms with Crippen LogP contribution in [0.1, 0.15) is 22.6 Å². The van der Waals surface area contributed by atoms with E-state index in [4.69, 9.17) is 0 Å². The molecular weight excluding hydrogens is 234 g/mol. The zero-order valence-corrected chi connectivity index (χ0v) is 11.2. The third-order valence-corrected chi connectivity index (χ3v) is 3.87. The first-order valence-corrected chi connectivity index (χ1v) is 6.75. The molecule has 2 nitrogen and oxygen atoms in total. The van der Waals surface area contributed by atoms with E-state index < -0.39 is 0 Å². The highest BCUT2D eigenvalue weighted by atomic mass is 16.3. The number of nitrogens with zero attached hydrogens (tertiary/aromatic N) is 1. The van der Waals surface area contributed by atoms with Gasteiger partial charge in [0.05, 0.1) is 6.10 Å². The van der Waals surface area contributed by atoms with Crippen LogP contribution in [0.2, 0.25) is 0 Å². The molecule has 1 aliphatic heterocycles. The zero-order valence-electron chi connectivity index (χ0n) is 11.2. The first-order valence-electron chi connectivity index (χ1n) is 6.75. The number of hydrogen-bond acceptors (Lipinski definition) is 2. The Bertz CT molecular complexity index is 552. The molecule has 1 N–H and O–H groups in total. The number of rotatable bonds is 1. The maximum atomic E-state index is 10.6. The quantitative estimate of drug-likeness (QED) is 0.844. The standard InChI is InChI=1S/C17H19NO/c1-18-11-14-9-5-6-10-15(14)17(16(19)12-18)13-7-3-2-4-8-13/h2-10,16-17,19H,11-12H2,1H3. The Labute approximate surface area is 114 Å². The second-order valence-corrected chi connectivity index (χ2v) is 5.35. The monoisotopic (exact) mass is 253 g/mol. The average Bonchev–Trinajstić information content (AvgIpc) is 2.54. The van der Waals surface area contributed by atoms with E-state index in [0.717, 1.165) is 6.54 Å². The van der Waals surface area contributed by atoms with Crippen molar-refractivity contribution in [3.63, 3.8) is 0 Å². The normalized spacial score (nSPS) is 23.7. The summed E-state index contributed by atoms with van der Waals surface area (Å²) < 4.78 is 0. The molecule has 0 aliphatic carbocycles. The molecule has 2 heteroatoms. The summed E-state index contributed by atoms with van der Waals surface area (Å²) in [6.07, 6.45) is -0.365. The van der Waals surface area contributed by atoms with Crippen LogP contribution in [0.3, 0.4) is 0 Å². The van der Waals surface area contributed by atoms with Gasteiger partial charge in [-0.2, -0.15) is 0 Å². The maximum Gasteiger partial charge on any atom is 0.0776 e. The minimum atomic E-state index is -0.365. The smallest absolute Gasteiger partial charge is 0.0776 e. The molecule has 98 valence electrons. The van der Waals surface area contributed by atoms with Crippen LogP contribution in [0.25, 0.3) is 0 Å². The molecule has 0 saturated heterocycles. The maximum absolute atomic E-state index is 10.6. The van der Waals surface area contributed by atoms with E-state index in [2.05, 4.69) is 48.3 Å². The number of β-amino-alcohol motifs (C(OH)–C–C–N with tert-alkyl or cyclic N) is 1. The predicted octanol–water partition coefficient (Wildman–Crippen LogP) is 2.62. The van der Waals surface area contributed by atoms with Crippen molar-refractivity contribution in [3.8, 4) is 0 Å². The van der Waals surface area contributed by atoms with Gasteiger partial charge in [0, 0.05) is 19.0 Å². The van der Waals surface area contributed by atoms with Gasteiger partial charge < -0.3 is 5.11 Å². The molecule has 0 fully saturated rings. The van der Waals surface area contributed by atoms with E-state index in [1.165, 1.54) is 16.7 Å². The lowest BCUT2D eigenvalue weighted by Gasteiger charge is -2.23. The zero-order chi connectivity index (χ0) is 13.2.